The highest BCUT2D eigenvalue weighted by Crippen LogP contribution is 2.32. The van der Waals surface area contributed by atoms with Crippen LogP contribution in [0.15, 0.2) is 29.6 Å². The summed E-state index contributed by atoms with van der Waals surface area (Å²) in [6, 6.07) is 8.22. The molecule has 0 aliphatic carbocycles. The average Bonchev–Trinajstić information content (AvgIpc) is 3.22. The number of nitriles is 1. The minimum atomic E-state index is -1.02. The molecule has 2 aromatic rings. The Balaban J connectivity index is 1.63. The number of fused-ring (bicyclic) bond motifs is 1. The number of hydrogen-bond acceptors (Lipinski definition) is 7. The van der Waals surface area contributed by atoms with Gasteiger partial charge in [-0.2, -0.15) is 5.26 Å². The first-order valence-corrected chi connectivity index (χ1v) is 7.85. The van der Waals surface area contributed by atoms with Gasteiger partial charge in [0.15, 0.2) is 17.6 Å². The summed E-state index contributed by atoms with van der Waals surface area (Å²) in [5, 5.41) is 13.6. The van der Waals surface area contributed by atoms with Gasteiger partial charge in [0.2, 0.25) is 6.79 Å². The average molecular weight is 344 g/mol. The molecule has 0 fully saturated rings. The van der Waals surface area contributed by atoms with Gasteiger partial charge < -0.3 is 19.5 Å². The van der Waals surface area contributed by atoms with Crippen LogP contribution in [0.4, 0.5) is 5.00 Å². The maximum Gasteiger partial charge on any atom is 0.339 e. The van der Waals surface area contributed by atoms with E-state index in [1.807, 2.05) is 6.07 Å². The highest BCUT2D eigenvalue weighted by Gasteiger charge is 2.22. The van der Waals surface area contributed by atoms with Crippen molar-refractivity contribution in [2.45, 2.75) is 13.0 Å². The second-order valence-electron chi connectivity index (χ2n) is 4.88. The number of anilines is 1. The van der Waals surface area contributed by atoms with Crippen LogP contribution in [0, 0.1) is 11.3 Å². The molecule has 8 heteroatoms. The van der Waals surface area contributed by atoms with Gasteiger partial charge in [-0.05, 0) is 36.6 Å². The normalized spacial score (nSPS) is 13.0. The number of ether oxygens (including phenoxy) is 3. The molecule has 1 aromatic carbocycles. The molecule has 1 atom stereocenters. The lowest BCUT2D eigenvalue weighted by Gasteiger charge is -2.13. The number of esters is 1. The number of amides is 1. The van der Waals surface area contributed by atoms with Crippen molar-refractivity contribution < 1.29 is 23.8 Å². The van der Waals surface area contributed by atoms with E-state index in [0.717, 1.165) is 0 Å². The summed E-state index contributed by atoms with van der Waals surface area (Å²) in [4.78, 5) is 24.2. The molecule has 0 radical (unpaired) electrons. The van der Waals surface area contributed by atoms with Crippen molar-refractivity contribution >= 4 is 28.2 Å². The second-order valence-corrected chi connectivity index (χ2v) is 5.80. The van der Waals surface area contributed by atoms with Crippen LogP contribution in [0.1, 0.15) is 22.8 Å². The summed E-state index contributed by atoms with van der Waals surface area (Å²) >= 11 is 1.22. The van der Waals surface area contributed by atoms with Gasteiger partial charge in [-0.25, -0.2) is 4.79 Å². The monoisotopic (exact) mass is 344 g/mol. The fourth-order valence-corrected chi connectivity index (χ4v) is 2.75. The van der Waals surface area contributed by atoms with Crippen molar-refractivity contribution in [3.8, 4) is 17.6 Å². The number of rotatable bonds is 4. The van der Waals surface area contributed by atoms with Crippen molar-refractivity contribution in [1.29, 1.82) is 5.26 Å². The Morgan fingerprint density at radius 3 is 2.92 bits per heavy atom. The minimum absolute atomic E-state index is 0.106. The van der Waals surface area contributed by atoms with Gasteiger partial charge in [-0.1, -0.05) is 0 Å². The van der Waals surface area contributed by atoms with Crippen LogP contribution >= 0.6 is 11.3 Å². The van der Waals surface area contributed by atoms with Crippen molar-refractivity contribution in [2.75, 3.05) is 12.1 Å². The molecule has 2 heterocycles. The lowest BCUT2D eigenvalue weighted by molar-refractivity contribution is -0.123. The molecule has 1 N–H and O–H groups in total. The Morgan fingerprint density at radius 1 is 1.33 bits per heavy atom. The van der Waals surface area contributed by atoms with Gasteiger partial charge in [0.05, 0.1) is 11.1 Å². The fraction of sp³-hybridized carbons (Fsp3) is 0.188. The molecule has 7 nitrogen and oxygen atoms in total. The summed E-state index contributed by atoms with van der Waals surface area (Å²) < 4.78 is 15.5. The third-order valence-electron chi connectivity index (χ3n) is 3.28. The predicted molar refractivity (Wildman–Crippen MR) is 85.1 cm³/mol. The van der Waals surface area contributed by atoms with Crippen LogP contribution in [0.25, 0.3) is 0 Å². The Bertz CT molecular complexity index is 839. The molecular weight excluding hydrogens is 332 g/mol. The van der Waals surface area contributed by atoms with E-state index in [9.17, 15) is 9.59 Å². The van der Waals surface area contributed by atoms with Gasteiger partial charge >= 0.3 is 5.97 Å². The van der Waals surface area contributed by atoms with Gasteiger partial charge in [-0.3, -0.25) is 4.79 Å². The van der Waals surface area contributed by atoms with Crippen LogP contribution in [-0.4, -0.2) is 24.8 Å². The summed E-state index contributed by atoms with van der Waals surface area (Å²) in [5.41, 5.74) is 0.621. The van der Waals surface area contributed by atoms with E-state index in [-0.39, 0.29) is 12.4 Å². The van der Waals surface area contributed by atoms with Crippen LogP contribution < -0.4 is 14.8 Å². The van der Waals surface area contributed by atoms with E-state index < -0.39 is 18.0 Å². The van der Waals surface area contributed by atoms with Gasteiger partial charge in [0, 0.05) is 0 Å². The van der Waals surface area contributed by atoms with E-state index in [1.54, 1.807) is 17.5 Å². The largest absolute Gasteiger partial charge is 0.454 e. The highest BCUT2D eigenvalue weighted by atomic mass is 32.1. The van der Waals surface area contributed by atoms with Gasteiger partial charge in [0.25, 0.3) is 5.91 Å². The van der Waals surface area contributed by atoms with Crippen molar-refractivity contribution in [3.05, 3.63) is 40.8 Å². The topological polar surface area (TPSA) is 97.7 Å². The van der Waals surface area contributed by atoms with E-state index >= 15 is 0 Å². The molecule has 1 aliphatic rings. The van der Waals surface area contributed by atoms with E-state index in [2.05, 4.69) is 5.32 Å². The maximum atomic E-state index is 12.1. The van der Waals surface area contributed by atoms with Gasteiger partial charge in [-0.15, -0.1) is 11.3 Å². The first-order chi connectivity index (χ1) is 11.6. The molecule has 1 amide bonds. The number of hydrogen-bond donors (Lipinski definition) is 1. The van der Waals surface area contributed by atoms with Crippen LogP contribution in [0.3, 0.4) is 0 Å². The lowest BCUT2D eigenvalue weighted by atomic mass is 10.2. The lowest BCUT2D eigenvalue weighted by Crippen LogP contribution is -2.29. The zero-order chi connectivity index (χ0) is 17.1. The molecule has 24 heavy (non-hydrogen) atoms. The molecule has 0 saturated carbocycles. The SMILES string of the molecule is CC(OC(=O)c1ccc2c(c1)OCO2)C(=O)Nc1sccc1C#N. The first kappa shape index (κ1) is 15.8. The van der Waals surface area contributed by atoms with Crippen LogP contribution in [0.2, 0.25) is 0 Å². The molecule has 1 aliphatic heterocycles. The summed E-state index contributed by atoms with van der Waals surface area (Å²) in [6.45, 7) is 1.56. The van der Waals surface area contributed by atoms with Crippen molar-refractivity contribution in [2.24, 2.45) is 0 Å². The molecule has 122 valence electrons. The third-order valence-corrected chi connectivity index (χ3v) is 4.11. The van der Waals surface area contributed by atoms with Gasteiger partial charge in [0.1, 0.15) is 11.1 Å². The smallest absolute Gasteiger partial charge is 0.339 e. The summed E-state index contributed by atoms with van der Waals surface area (Å²) in [7, 11) is 0. The second kappa shape index (κ2) is 6.60. The van der Waals surface area contributed by atoms with E-state index in [0.29, 0.717) is 22.1 Å². The molecule has 1 unspecified atom stereocenters. The van der Waals surface area contributed by atoms with Crippen molar-refractivity contribution in [3.63, 3.8) is 0 Å². The first-order valence-electron chi connectivity index (χ1n) is 6.97. The quantitative estimate of drug-likeness (QED) is 0.856. The molecule has 0 saturated heterocycles. The number of carbonyl (C=O) groups excluding carboxylic acids is 2. The van der Waals surface area contributed by atoms with E-state index in [4.69, 9.17) is 19.5 Å². The van der Waals surface area contributed by atoms with Crippen LogP contribution in [0.5, 0.6) is 11.5 Å². The summed E-state index contributed by atoms with van der Waals surface area (Å²) in [5.74, 6) is -0.149. The highest BCUT2D eigenvalue weighted by molar-refractivity contribution is 7.14. The number of thiophene rings is 1. The molecular formula is C16H12N2O5S. The Morgan fingerprint density at radius 2 is 2.12 bits per heavy atom. The molecule has 1 aromatic heterocycles. The zero-order valence-corrected chi connectivity index (χ0v) is 13.4. The molecule has 3 rings (SSSR count). The maximum absolute atomic E-state index is 12.1. The predicted octanol–water partition coefficient (Wildman–Crippen LogP) is 2.53. The number of carbonyl (C=O) groups is 2. The Labute approximate surface area is 141 Å². The minimum Gasteiger partial charge on any atom is -0.454 e. The zero-order valence-electron chi connectivity index (χ0n) is 12.6. The molecule has 0 bridgehead atoms. The Hall–Kier alpha value is -3.05. The standard InChI is InChI=1S/C16H12N2O5S/c1-9(14(19)18-15-11(7-17)4-5-24-15)23-16(20)10-2-3-12-13(6-10)22-8-21-12/h2-6,9H,8H2,1H3,(H,18,19). The van der Waals surface area contributed by atoms with Crippen LogP contribution in [-0.2, 0) is 9.53 Å². The Kier molecular flexibility index (Phi) is 4.35. The number of nitrogens with one attached hydrogen (secondary N) is 1. The third kappa shape index (κ3) is 3.16. The number of nitrogens with zero attached hydrogens (tertiary/aromatic N) is 1. The van der Waals surface area contributed by atoms with Crippen molar-refractivity contribution in [1.82, 2.24) is 0 Å². The summed E-state index contributed by atoms with van der Waals surface area (Å²) in [6.07, 6.45) is -1.02. The van der Waals surface area contributed by atoms with E-state index in [1.165, 1.54) is 30.4 Å². The molecule has 0 spiro atoms. The number of benzene rings is 1. The fourth-order valence-electron chi connectivity index (χ4n) is 2.01.